The summed E-state index contributed by atoms with van der Waals surface area (Å²) >= 11 is 0. The van der Waals surface area contributed by atoms with E-state index in [2.05, 4.69) is 20.8 Å². The molecule has 0 fully saturated rings. The minimum atomic E-state index is 1.32. The molecular weight excluding hydrogens is 192 g/mol. The Morgan fingerprint density at radius 2 is 1.06 bits per heavy atom. The first-order valence-electron chi connectivity index (χ1n) is 7.62. The lowest BCUT2D eigenvalue weighted by atomic mass is 9.98. The van der Waals surface area contributed by atoms with Crippen LogP contribution in [-0.2, 0) is 0 Å². The lowest BCUT2D eigenvalue weighted by Gasteiger charge is -2.08. The monoisotopic (exact) mass is 225 g/mol. The van der Waals surface area contributed by atoms with Gasteiger partial charge in [-0.2, -0.15) is 0 Å². The molecule has 97 valence electrons. The van der Waals surface area contributed by atoms with Crippen molar-refractivity contribution in [3.63, 3.8) is 0 Å². The van der Waals surface area contributed by atoms with E-state index in [0.29, 0.717) is 0 Å². The molecule has 0 aliphatic rings. The van der Waals surface area contributed by atoms with E-state index in [4.69, 9.17) is 0 Å². The fourth-order valence-electron chi connectivity index (χ4n) is 2.29. The molecule has 0 amide bonds. The van der Waals surface area contributed by atoms with Crippen LogP contribution >= 0.6 is 0 Å². The van der Waals surface area contributed by atoms with Gasteiger partial charge in [-0.3, -0.25) is 0 Å². The van der Waals surface area contributed by atoms with Crippen molar-refractivity contribution >= 4 is 0 Å². The van der Waals surface area contributed by atoms with E-state index in [0.717, 1.165) is 0 Å². The van der Waals surface area contributed by atoms with Crippen molar-refractivity contribution in [2.45, 2.75) is 97.8 Å². The van der Waals surface area contributed by atoms with E-state index in [1.54, 1.807) is 5.92 Å². The molecule has 0 aromatic rings. The van der Waals surface area contributed by atoms with Crippen molar-refractivity contribution in [2.24, 2.45) is 0 Å². The molecular formula is C16H33. The van der Waals surface area contributed by atoms with Gasteiger partial charge in [0.1, 0.15) is 0 Å². The predicted octanol–water partition coefficient (Wildman–Crippen LogP) is 6.30. The summed E-state index contributed by atoms with van der Waals surface area (Å²) in [5.41, 5.74) is 0. The molecule has 0 unspecified atom stereocenters. The van der Waals surface area contributed by atoms with Crippen molar-refractivity contribution < 1.29 is 0 Å². The highest BCUT2D eigenvalue weighted by atomic mass is 14.1. The van der Waals surface area contributed by atoms with Crippen LogP contribution in [0.4, 0.5) is 0 Å². The molecule has 0 N–H and O–H groups in total. The Morgan fingerprint density at radius 1 is 0.562 bits per heavy atom. The fourth-order valence-corrected chi connectivity index (χ4v) is 2.29. The van der Waals surface area contributed by atoms with Gasteiger partial charge in [0.25, 0.3) is 0 Å². The molecule has 0 saturated heterocycles. The molecule has 0 heteroatoms. The van der Waals surface area contributed by atoms with Crippen molar-refractivity contribution in [3.8, 4) is 0 Å². The van der Waals surface area contributed by atoms with Crippen LogP contribution in [0.3, 0.4) is 0 Å². The Kier molecular flexibility index (Phi) is 13.1. The summed E-state index contributed by atoms with van der Waals surface area (Å²) in [5.74, 6) is 1.71. The third kappa shape index (κ3) is 12.1. The van der Waals surface area contributed by atoms with Gasteiger partial charge in [0, 0.05) is 0 Å². The molecule has 0 nitrogen and oxygen atoms in total. The second-order valence-electron chi connectivity index (χ2n) is 5.29. The second-order valence-corrected chi connectivity index (χ2v) is 5.29. The normalized spacial score (nSPS) is 11.2. The summed E-state index contributed by atoms with van der Waals surface area (Å²) in [4.78, 5) is 0. The SMILES string of the molecule is CCCCCCCCCCC[C](C)CCC. The van der Waals surface area contributed by atoms with E-state index in [1.807, 2.05) is 0 Å². The maximum atomic E-state index is 2.33. The van der Waals surface area contributed by atoms with Crippen LogP contribution < -0.4 is 0 Å². The van der Waals surface area contributed by atoms with Crippen LogP contribution in [0.1, 0.15) is 97.8 Å². The minimum Gasteiger partial charge on any atom is -0.0654 e. The van der Waals surface area contributed by atoms with E-state index in [1.165, 1.54) is 77.0 Å². The zero-order valence-electron chi connectivity index (χ0n) is 12.0. The average molecular weight is 225 g/mol. The van der Waals surface area contributed by atoms with Gasteiger partial charge in [-0.1, -0.05) is 85.0 Å². The minimum absolute atomic E-state index is 1.32. The van der Waals surface area contributed by atoms with E-state index in [9.17, 15) is 0 Å². The number of hydrogen-bond acceptors (Lipinski definition) is 0. The molecule has 0 aromatic carbocycles. The third-order valence-electron chi connectivity index (χ3n) is 3.38. The number of unbranched alkanes of at least 4 members (excludes halogenated alkanes) is 8. The van der Waals surface area contributed by atoms with Gasteiger partial charge in [0.15, 0.2) is 0 Å². The van der Waals surface area contributed by atoms with Crippen molar-refractivity contribution in [1.82, 2.24) is 0 Å². The van der Waals surface area contributed by atoms with Crippen LogP contribution in [0.2, 0.25) is 0 Å². The van der Waals surface area contributed by atoms with Gasteiger partial charge in [-0.15, -0.1) is 0 Å². The standard InChI is InChI=1S/C16H33/c1-4-6-7-8-9-10-11-12-13-15-16(3)14-5-2/h4-15H2,1-3H3. The van der Waals surface area contributed by atoms with Crippen LogP contribution in [0.25, 0.3) is 0 Å². The summed E-state index contributed by atoms with van der Waals surface area (Å²) in [7, 11) is 0. The lowest BCUT2D eigenvalue weighted by molar-refractivity contribution is 0.553. The maximum absolute atomic E-state index is 2.33. The highest BCUT2D eigenvalue weighted by Crippen LogP contribution is 2.17. The van der Waals surface area contributed by atoms with Crippen LogP contribution in [0.5, 0.6) is 0 Å². The smallest absolute Gasteiger partial charge is 0.0272 e. The molecule has 0 aliphatic carbocycles. The predicted molar refractivity (Wildman–Crippen MR) is 75.7 cm³/mol. The summed E-state index contributed by atoms with van der Waals surface area (Å²) in [6, 6.07) is 0. The van der Waals surface area contributed by atoms with Crippen molar-refractivity contribution in [1.29, 1.82) is 0 Å². The molecule has 0 spiro atoms. The zero-order chi connectivity index (χ0) is 12.1. The third-order valence-corrected chi connectivity index (χ3v) is 3.38. The van der Waals surface area contributed by atoms with Crippen LogP contribution in [0.15, 0.2) is 0 Å². The molecule has 0 bridgehead atoms. The van der Waals surface area contributed by atoms with Gasteiger partial charge in [0.05, 0.1) is 0 Å². The first-order chi connectivity index (χ1) is 7.81. The van der Waals surface area contributed by atoms with Gasteiger partial charge in [-0.05, 0) is 18.8 Å². The molecule has 0 rings (SSSR count). The molecule has 16 heavy (non-hydrogen) atoms. The topological polar surface area (TPSA) is 0 Å². The summed E-state index contributed by atoms with van der Waals surface area (Å²) in [6.07, 6.45) is 17.1. The first kappa shape index (κ1) is 16.0. The largest absolute Gasteiger partial charge is 0.0654 e. The molecule has 0 heterocycles. The number of rotatable bonds is 12. The van der Waals surface area contributed by atoms with E-state index >= 15 is 0 Å². The van der Waals surface area contributed by atoms with Gasteiger partial charge in [0.2, 0.25) is 0 Å². The second kappa shape index (κ2) is 13.1. The Balaban J connectivity index is 2.98. The quantitative estimate of drug-likeness (QED) is 0.342. The Bertz CT molecular complexity index is 117. The Hall–Kier alpha value is 0. The summed E-state index contributed by atoms with van der Waals surface area (Å²) in [5, 5.41) is 0. The summed E-state index contributed by atoms with van der Waals surface area (Å²) < 4.78 is 0. The maximum Gasteiger partial charge on any atom is -0.0272 e. The Morgan fingerprint density at radius 3 is 1.56 bits per heavy atom. The summed E-state index contributed by atoms with van der Waals surface area (Å²) in [6.45, 7) is 6.89. The highest BCUT2D eigenvalue weighted by molar-refractivity contribution is 4.82. The molecule has 1 radical (unpaired) electrons. The van der Waals surface area contributed by atoms with Crippen LogP contribution in [0, 0.1) is 5.92 Å². The molecule has 0 aromatic heterocycles. The van der Waals surface area contributed by atoms with Gasteiger partial charge < -0.3 is 0 Å². The Labute approximate surface area is 104 Å². The average Bonchev–Trinajstić information content (AvgIpc) is 2.27. The van der Waals surface area contributed by atoms with Crippen molar-refractivity contribution in [3.05, 3.63) is 5.92 Å². The van der Waals surface area contributed by atoms with Gasteiger partial charge in [-0.25, -0.2) is 0 Å². The fraction of sp³-hybridized carbons (Fsp3) is 0.938. The van der Waals surface area contributed by atoms with Crippen molar-refractivity contribution in [2.75, 3.05) is 0 Å². The highest BCUT2D eigenvalue weighted by Gasteiger charge is 2.00. The van der Waals surface area contributed by atoms with Gasteiger partial charge >= 0.3 is 0 Å². The van der Waals surface area contributed by atoms with Crippen LogP contribution in [-0.4, -0.2) is 0 Å². The molecule has 0 saturated carbocycles. The molecule has 0 atom stereocenters. The first-order valence-corrected chi connectivity index (χ1v) is 7.62. The molecule has 0 aliphatic heterocycles. The number of hydrogen-bond donors (Lipinski definition) is 0. The van der Waals surface area contributed by atoms with E-state index in [-0.39, 0.29) is 0 Å². The lowest BCUT2D eigenvalue weighted by Crippen LogP contribution is -1.91. The zero-order valence-corrected chi connectivity index (χ0v) is 12.0. The van der Waals surface area contributed by atoms with E-state index < -0.39 is 0 Å².